The Balaban J connectivity index is 1.36. The third-order valence-electron chi connectivity index (χ3n) is 8.73. The zero-order valence-electron chi connectivity index (χ0n) is 25.7. The number of thiazole rings is 1. The molecule has 3 aromatic heterocycles. The number of piperidine rings is 1. The van der Waals surface area contributed by atoms with Gasteiger partial charge in [-0.2, -0.15) is 0 Å². The zero-order valence-corrected chi connectivity index (χ0v) is 27.4. The lowest BCUT2D eigenvalue weighted by atomic mass is 9.97. The predicted octanol–water partition coefficient (Wildman–Crippen LogP) is 5.21. The fourth-order valence-corrected chi connectivity index (χ4v) is 8.14. The highest BCUT2D eigenvalue weighted by molar-refractivity contribution is 7.10. The summed E-state index contributed by atoms with van der Waals surface area (Å²) in [5.41, 5.74) is 3.19. The van der Waals surface area contributed by atoms with Crippen molar-refractivity contribution >= 4 is 57.2 Å². The molecule has 0 bridgehead atoms. The van der Waals surface area contributed by atoms with Crippen LogP contribution in [0.3, 0.4) is 0 Å². The number of nitrogens with zero attached hydrogens (tertiary/aromatic N) is 4. The van der Waals surface area contributed by atoms with Crippen molar-refractivity contribution in [3.8, 4) is 0 Å². The monoisotopic (exact) mass is 650 g/mol. The highest BCUT2D eigenvalue weighted by atomic mass is 32.1. The highest BCUT2D eigenvalue weighted by Gasteiger charge is 2.35. The first kappa shape index (κ1) is 30.1. The Morgan fingerprint density at radius 1 is 1.02 bits per heavy atom. The number of para-hydroxylation sites is 1. The Morgan fingerprint density at radius 3 is 2.52 bits per heavy atom. The molecule has 5 heterocycles. The number of benzene rings is 2. The van der Waals surface area contributed by atoms with Gasteiger partial charge in [-0.3, -0.25) is 14.2 Å². The molecule has 2 aliphatic rings. The topological polar surface area (TPSA) is 85.9 Å². The molecule has 1 atom stereocenters. The molecule has 0 aliphatic carbocycles. The molecule has 0 radical (unpaired) electrons. The average molecular weight is 651 g/mol. The van der Waals surface area contributed by atoms with Crippen LogP contribution in [0.4, 0.5) is 0 Å². The first-order valence-electron chi connectivity index (χ1n) is 15.6. The van der Waals surface area contributed by atoms with E-state index in [0.29, 0.717) is 26.5 Å². The van der Waals surface area contributed by atoms with Gasteiger partial charge in [-0.25, -0.2) is 9.79 Å². The zero-order chi connectivity index (χ0) is 31.8. The summed E-state index contributed by atoms with van der Waals surface area (Å²) in [6.45, 7) is 6.03. The minimum Gasteiger partial charge on any atom is -0.463 e. The van der Waals surface area contributed by atoms with Crippen LogP contribution in [0.15, 0.2) is 93.7 Å². The van der Waals surface area contributed by atoms with Crippen molar-refractivity contribution in [3.63, 3.8) is 0 Å². The second kappa shape index (κ2) is 12.7. The van der Waals surface area contributed by atoms with Crippen LogP contribution in [0.2, 0.25) is 0 Å². The fraction of sp³-hybridized carbons (Fsp3) is 0.278. The standard InChI is InChI=1S/C36H34N4O4S2/c1-3-44-35(43)31-32(24-10-5-4-6-11-24)37-36-40(33(31)28-14-9-19-45-28)34(42)29(46-36)20-25-21-39(27-13-8-7-12-26(25)27)22-30(41)38-17-15-23(2)16-18-38/h4-14,19-21,23,33H,3,15-18,22H2,1-2H3/b29-20-. The molecule has 1 saturated heterocycles. The molecular formula is C36H34N4O4S2. The van der Waals surface area contributed by atoms with Crippen LogP contribution in [0.5, 0.6) is 0 Å². The molecule has 1 unspecified atom stereocenters. The molecule has 1 amide bonds. The minimum atomic E-state index is -0.682. The Hall–Kier alpha value is -4.54. The molecule has 7 rings (SSSR count). The SMILES string of the molecule is CCOC(=O)C1=C(c2ccccc2)N=c2s/c(=C\c3cn(CC(=O)N4CCC(C)CC4)c4ccccc34)c(=O)n2C1c1cccs1. The van der Waals surface area contributed by atoms with Crippen molar-refractivity contribution in [1.29, 1.82) is 0 Å². The summed E-state index contributed by atoms with van der Waals surface area (Å²) in [5, 5.41) is 2.90. The number of amides is 1. The Bertz CT molecular complexity index is 2130. The largest absolute Gasteiger partial charge is 0.463 e. The second-order valence-corrected chi connectivity index (χ2v) is 13.7. The van der Waals surface area contributed by atoms with Crippen molar-refractivity contribution in [3.05, 3.63) is 120 Å². The Labute approximate surface area is 274 Å². The first-order valence-corrected chi connectivity index (χ1v) is 17.3. The van der Waals surface area contributed by atoms with Crippen molar-refractivity contribution in [1.82, 2.24) is 14.0 Å². The van der Waals surface area contributed by atoms with Gasteiger partial charge in [0.15, 0.2) is 4.80 Å². The number of hydrogen-bond acceptors (Lipinski definition) is 7. The van der Waals surface area contributed by atoms with E-state index in [2.05, 4.69) is 6.92 Å². The molecule has 0 spiro atoms. The average Bonchev–Trinajstić information content (AvgIpc) is 3.80. The lowest BCUT2D eigenvalue weighted by molar-refractivity contribution is -0.139. The van der Waals surface area contributed by atoms with Crippen molar-refractivity contribution < 1.29 is 14.3 Å². The van der Waals surface area contributed by atoms with Crippen LogP contribution in [-0.4, -0.2) is 45.6 Å². The van der Waals surface area contributed by atoms with Gasteiger partial charge >= 0.3 is 5.97 Å². The lowest BCUT2D eigenvalue weighted by Gasteiger charge is -2.30. The lowest BCUT2D eigenvalue weighted by Crippen LogP contribution is -2.39. The van der Waals surface area contributed by atoms with Crippen LogP contribution in [0.1, 0.15) is 48.7 Å². The number of likely N-dealkylation sites (tertiary alicyclic amines) is 1. The maximum atomic E-state index is 14.3. The Kier molecular flexibility index (Phi) is 8.31. The van der Waals surface area contributed by atoms with E-state index in [9.17, 15) is 14.4 Å². The summed E-state index contributed by atoms with van der Waals surface area (Å²) in [6.07, 6.45) is 5.90. The van der Waals surface area contributed by atoms with Gasteiger partial charge in [0.25, 0.3) is 5.56 Å². The smallest absolute Gasteiger partial charge is 0.338 e. The molecule has 10 heteroatoms. The number of fused-ring (bicyclic) bond motifs is 2. The quantitative estimate of drug-likeness (QED) is 0.227. The highest BCUT2D eigenvalue weighted by Crippen LogP contribution is 2.37. The maximum Gasteiger partial charge on any atom is 0.338 e. The van der Waals surface area contributed by atoms with Crippen molar-refractivity contribution in [2.45, 2.75) is 39.3 Å². The van der Waals surface area contributed by atoms with Crippen molar-refractivity contribution in [2.24, 2.45) is 10.9 Å². The van der Waals surface area contributed by atoms with E-state index in [4.69, 9.17) is 9.73 Å². The molecule has 234 valence electrons. The van der Waals surface area contributed by atoms with Gasteiger partial charge in [0.1, 0.15) is 12.6 Å². The maximum absolute atomic E-state index is 14.3. The predicted molar refractivity (Wildman–Crippen MR) is 182 cm³/mol. The van der Waals surface area contributed by atoms with Crippen LogP contribution in [0, 0.1) is 5.92 Å². The van der Waals surface area contributed by atoms with Gasteiger partial charge in [-0.15, -0.1) is 11.3 Å². The van der Waals surface area contributed by atoms with Crippen molar-refractivity contribution in [2.75, 3.05) is 19.7 Å². The molecule has 2 aromatic carbocycles. The number of hydrogen-bond donors (Lipinski definition) is 0. The number of carbonyl (C=O) groups is 2. The van der Waals surface area contributed by atoms with Gasteiger partial charge in [-0.05, 0) is 49.3 Å². The molecule has 46 heavy (non-hydrogen) atoms. The summed E-state index contributed by atoms with van der Waals surface area (Å²) in [7, 11) is 0. The first-order chi connectivity index (χ1) is 22.4. The summed E-state index contributed by atoms with van der Waals surface area (Å²) in [4.78, 5) is 49.4. The molecular weight excluding hydrogens is 617 g/mol. The number of thiophene rings is 1. The number of esters is 1. The number of aromatic nitrogens is 2. The molecule has 1 fully saturated rings. The van der Waals surface area contributed by atoms with E-state index in [1.165, 1.54) is 22.7 Å². The van der Waals surface area contributed by atoms with E-state index in [-0.39, 0.29) is 24.6 Å². The van der Waals surface area contributed by atoms with Gasteiger partial charge < -0.3 is 14.2 Å². The number of rotatable bonds is 7. The molecule has 2 aliphatic heterocycles. The van der Waals surface area contributed by atoms with Crippen LogP contribution in [0.25, 0.3) is 22.7 Å². The van der Waals surface area contributed by atoms with Gasteiger partial charge in [0.05, 0.1) is 22.4 Å². The van der Waals surface area contributed by atoms with E-state index >= 15 is 0 Å². The Morgan fingerprint density at radius 2 is 1.78 bits per heavy atom. The van der Waals surface area contributed by atoms with Gasteiger partial charge in [-0.1, -0.05) is 72.9 Å². The van der Waals surface area contributed by atoms with E-state index in [1.807, 2.05) is 93.8 Å². The number of carbonyl (C=O) groups excluding carboxylic acids is 2. The van der Waals surface area contributed by atoms with E-state index < -0.39 is 12.0 Å². The minimum absolute atomic E-state index is 0.106. The number of ether oxygens (including phenoxy) is 1. The molecule has 0 saturated carbocycles. The summed E-state index contributed by atoms with van der Waals surface area (Å²) < 4.78 is 9.65. The molecule has 8 nitrogen and oxygen atoms in total. The van der Waals surface area contributed by atoms with E-state index in [1.54, 1.807) is 11.5 Å². The fourth-order valence-electron chi connectivity index (χ4n) is 6.32. The van der Waals surface area contributed by atoms with Gasteiger partial charge in [0, 0.05) is 46.2 Å². The van der Waals surface area contributed by atoms with Crippen LogP contribution in [-0.2, 0) is 20.9 Å². The van der Waals surface area contributed by atoms with Crippen LogP contribution < -0.4 is 14.9 Å². The van der Waals surface area contributed by atoms with Gasteiger partial charge in [0.2, 0.25) is 5.91 Å². The summed E-state index contributed by atoms with van der Waals surface area (Å²) in [6, 6.07) is 20.7. The van der Waals surface area contributed by atoms with Crippen LogP contribution >= 0.6 is 22.7 Å². The normalized spacial score (nSPS) is 17.3. The molecule has 5 aromatic rings. The third-order valence-corrected chi connectivity index (χ3v) is 10.6. The summed E-state index contributed by atoms with van der Waals surface area (Å²) >= 11 is 2.79. The molecule has 0 N–H and O–H groups in total. The summed E-state index contributed by atoms with van der Waals surface area (Å²) in [5.74, 6) is 0.259. The van der Waals surface area contributed by atoms with E-state index in [0.717, 1.165) is 52.8 Å². The third kappa shape index (κ3) is 5.56. The second-order valence-electron chi connectivity index (χ2n) is 11.7.